The molecule has 2 aromatic rings. The van der Waals surface area contributed by atoms with Crippen LogP contribution in [0.2, 0.25) is 0 Å². The molecule has 1 heterocycles. The number of benzene rings is 1. The third-order valence-electron chi connectivity index (χ3n) is 2.85. The van der Waals surface area contributed by atoms with E-state index in [4.69, 9.17) is 10.5 Å². The number of anilines is 2. The van der Waals surface area contributed by atoms with Gasteiger partial charge in [-0.25, -0.2) is 4.79 Å². The van der Waals surface area contributed by atoms with Crippen molar-refractivity contribution in [3.8, 4) is 0 Å². The van der Waals surface area contributed by atoms with Crippen molar-refractivity contribution in [3.63, 3.8) is 0 Å². The van der Waals surface area contributed by atoms with E-state index in [1.54, 1.807) is 30.4 Å². The normalized spacial score (nSPS) is 10.3. The molecule has 0 fully saturated rings. The van der Waals surface area contributed by atoms with E-state index in [1.165, 1.54) is 9.75 Å². The van der Waals surface area contributed by atoms with Crippen molar-refractivity contribution < 1.29 is 9.53 Å². The standard InChI is InChI=1S/C15H18N2O2S/c1-3-19-15(18)12-5-4-6-13(14(12)16)17-9-11-8-7-10(2)20-11/h4-8,17H,3,9,16H2,1-2H3. The summed E-state index contributed by atoms with van der Waals surface area (Å²) in [6, 6.07) is 9.50. The van der Waals surface area contributed by atoms with Crippen LogP contribution in [0.15, 0.2) is 30.3 Å². The molecule has 5 heteroatoms. The number of rotatable bonds is 5. The molecule has 0 aliphatic carbocycles. The summed E-state index contributed by atoms with van der Waals surface area (Å²) in [6.45, 7) is 4.87. The monoisotopic (exact) mass is 290 g/mol. The van der Waals surface area contributed by atoms with Crippen LogP contribution in [-0.2, 0) is 11.3 Å². The summed E-state index contributed by atoms with van der Waals surface area (Å²) >= 11 is 1.74. The van der Waals surface area contributed by atoms with Crippen LogP contribution in [0, 0.1) is 6.92 Å². The topological polar surface area (TPSA) is 64.3 Å². The van der Waals surface area contributed by atoms with Crippen LogP contribution in [0.3, 0.4) is 0 Å². The fourth-order valence-electron chi connectivity index (χ4n) is 1.87. The van der Waals surface area contributed by atoms with Gasteiger partial charge in [-0.1, -0.05) is 6.07 Å². The van der Waals surface area contributed by atoms with Gasteiger partial charge in [-0.15, -0.1) is 11.3 Å². The minimum absolute atomic E-state index is 0.338. The lowest BCUT2D eigenvalue weighted by molar-refractivity contribution is 0.0527. The molecular formula is C15H18N2O2S. The van der Waals surface area contributed by atoms with Gasteiger partial charge < -0.3 is 15.8 Å². The average molecular weight is 290 g/mol. The van der Waals surface area contributed by atoms with Gasteiger partial charge in [0, 0.05) is 16.3 Å². The summed E-state index contributed by atoms with van der Waals surface area (Å²) < 4.78 is 4.99. The van der Waals surface area contributed by atoms with Crippen LogP contribution < -0.4 is 11.1 Å². The van der Waals surface area contributed by atoms with Crippen LogP contribution in [0.1, 0.15) is 27.0 Å². The number of ether oxygens (including phenoxy) is 1. The maximum atomic E-state index is 11.8. The van der Waals surface area contributed by atoms with Gasteiger partial charge in [0.2, 0.25) is 0 Å². The Bertz CT molecular complexity index is 608. The summed E-state index contributed by atoms with van der Waals surface area (Å²) in [4.78, 5) is 14.3. The molecule has 0 radical (unpaired) electrons. The lowest BCUT2D eigenvalue weighted by atomic mass is 10.1. The number of thiophene rings is 1. The smallest absolute Gasteiger partial charge is 0.340 e. The second kappa shape index (κ2) is 6.43. The number of hydrogen-bond acceptors (Lipinski definition) is 5. The largest absolute Gasteiger partial charge is 0.462 e. The van der Waals surface area contributed by atoms with Crippen LogP contribution >= 0.6 is 11.3 Å². The number of aryl methyl sites for hydroxylation is 1. The number of esters is 1. The quantitative estimate of drug-likeness (QED) is 0.654. The molecule has 1 aromatic heterocycles. The summed E-state index contributed by atoms with van der Waals surface area (Å²) in [6.07, 6.45) is 0. The second-order valence-corrected chi connectivity index (χ2v) is 5.73. The highest BCUT2D eigenvalue weighted by Gasteiger charge is 2.13. The molecule has 0 spiro atoms. The molecule has 2 rings (SSSR count). The predicted molar refractivity (Wildman–Crippen MR) is 83.2 cm³/mol. The first-order chi connectivity index (χ1) is 9.61. The number of para-hydroxylation sites is 1. The van der Waals surface area contributed by atoms with Gasteiger partial charge in [0.25, 0.3) is 0 Å². The number of nitrogen functional groups attached to an aromatic ring is 1. The van der Waals surface area contributed by atoms with Crippen molar-refractivity contribution >= 4 is 28.7 Å². The lowest BCUT2D eigenvalue weighted by Gasteiger charge is -2.11. The van der Waals surface area contributed by atoms with E-state index in [0.717, 1.165) is 5.69 Å². The molecule has 106 valence electrons. The maximum Gasteiger partial charge on any atom is 0.340 e. The van der Waals surface area contributed by atoms with E-state index in [9.17, 15) is 4.79 Å². The Hall–Kier alpha value is -2.01. The third kappa shape index (κ3) is 3.30. The third-order valence-corrected chi connectivity index (χ3v) is 3.85. The van der Waals surface area contributed by atoms with Crippen LogP contribution in [-0.4, -0.2) is 12.6 Å². The van der Waals surface area contributed by atoms with Gasteiger partial charge in [-0.05, 0) is 38.1 Å². The molecule has 0 unspecified atom stereocenters. The molecule has 0 bridgehead atoms. The van der Waals surface area contributed by atoms with Crippen molar-refractivity contribution in [3.05, 3.63) is 45.6 Å². The summed E-state index contributed by atoms with van der Waals surface area (Å²) in [5.41, 5.74) is 7.61. The second-order valence-electron chi connectivity index (χ2n) is 4.35. The van der Waals surface area contributed by atoms with Crippen LogP contribution in [0.5, 0.6) is 0 Å². The minimum atomic E-state index is -0.388. The Morgan fingerprint density at radius 2 is 2.15 bits per heavy atom. The fourth-order valence-corrected chi connectivity index (χ4v) is 2.70. The summed E-state index contributed by atoms with van der Waals surface area (Å²) in [5.74, 6) is -0.388. The average Bonchev–Trinajstić information content (AvgIpc) is 2.83. The molecule has 0 aliphatic heterocycles. The first-order valence-electron chi connectivity index (χ1n) is 6.46. The van der Waals surface area contributed by atoms with E-state index < -0.39 is 0 Å². The number of carbonyl (C=O) groups is 1. The highest BCUT2D eigenvalue weighted by atomic mass is 32.1. The van der Waals surface area contributed by atoms with Gasteiger partial charge in [0.1, 0.15) is 0 Å². The number of carbonyl (C=O) groups excluding carboxylic acids is 1. The Balaban J connectivity index is 2.12. The first-order valence-corrected chi connectivity index (χ1v) is 7.28. The highest BCUT2D eigenvalue weighted by Crippen LogP contribution is 2.25. The fraction of sp³-hybridized carbons (Fsp3) is 0.267. The van der Waals surface area contributed by atoms with Crippen molar-refractivity contribution in [2.45, 2.75) is 20.4 Å². The van der Waals surface area contributed by atoms with E-state index in [2.05, 4.69) is 24.4 Å². The van der Waals surface area contributed by atoms with E-state index in [1.807, 2.05) is 6.07 Å². The number of nitrogens with one attached hydrogen (secondary N) is 1. The van der Waals surface area contributed by atoms with Gasteiger partial charge in [0.05, 0.1) is 23.5 Å². The molecule has 3 N–H and O–H groups in total. The van der Waals surface area contributed by atoms with Gasteiger partial charge >= 0.3 is 5.97 Å². The SMILES string of the molecule is CCOC(=O)c1cccc(NCc2ccc(C)s2)c1N. The predicted octanol–water partition coefficient (Wildman–Crippen LogP) is 3.43. The van der Waals surface area contributed by atoms with E-state index in [0.29, 0.717) is 24.4 Å². The molecule has 0 saturated heterocycles. The lowest BCUT2D eigenvalue weighted by Crippen LogP contribution is -2.10. The van der Waals surface area contributed by atoms with Crippen LogP contribution in [0.4, 0.5) is 11.4 Å². The van der Waals surface area contributed by atoms with Gasteiger partial charge in [-0.2, -0.15) is 0 Å². The first kappa shape index (κ1) is 14.4. The van der Waals surface area contributed by atoms with Crippen molar-refractivity contribution in [1.29, 1.82) is 0 Å². The number of hydrogen-bond donors (Lipinski definition) is 2. The van der Waals surface area contributed by atoms with Gasteiger partial charge in [-0.3, -0.25) is 0 Å². The molecular weight excluding hydrogens is 272 g/mol. The Kier molecular flexibility index (Phi) is 4.63. The zero-order valence-corrected chi connectivity index (χ0v) is 12.4. The highest BCUT2D eigenvalue weighted by molar-refractivity contribution is 7.11. The van der Waals surface area contributed by atoms with Crippen LogP contribution in [0.25, 0.3) is 0 Å². The molecule has 0 saturated carbocycles. The molecule has 20 heavy (non-hydrogen) atoms. The molecule has 0 atom stereocenters. The zero-order valence-electron chi connectivity index (χ0n) is 11.6. The Morgan fingerprint density at radius 3 is 2.80 bits per heavy atom. The molecule has 0 amide bonds. The van der Waals surface area contributed by atoms with E-state index in [-0.39, 0.29) is 5.97 Å². The van der Waals surface area contributed by atoms with Crippen molar-refractivity contribution in [2.75, 3.05) is 17.7 Å². The minimum Gasteiger partial charge on any atom is -0.462 e. The Morgan fingerprint density at radius 1 is 1.35 bits per heavy atom. The molecule has 0 aliphatic rings. The van der Waals surface area contributed by atoms with Crippen molar-refractivity contribution in [2.24, 2.45) is 0 Å². The van der Waals surface area contributed by atoms with E-state index >= 15 is 0 Å². The zero-order chi connectivity index (χ0) is 14.5. The Labute approximate surface area is 122 Å². The number of nitrogens with two attached hydrogens (primary N) is 1. The summed E-state index contributed by atoms with van der Waals surface area (Å²) in [7, 11) is 0. The molecule has 1 aromatic carbocycles. The summed E-state index contributed by atoms with van der Waals surface area (Å²) in [5, 5.41) is 3.26. The molecule has 4 nitrogen and oxygen atoms in total. The maximum absolute atomic E-state index is 11.8. The van der Waals surface area contributed by atoms with Gasteiger partial charge in [0.15, 0.2) is 0 Å². The van der Waals surface area contributed by atoms with Crippen molar-refractivity contribution in [1.82, 2.24) is 0 Å².